The molecule has 0 aromatic heterocycles. The Balaban J connectivity index is 2.34. The fraction of sp³-hybridized carbons (Fsp3) is 0.857. The quantitative estimate of drug-likeness (QED) is 0.464. The SMILES string of the molecule is C[S+]1CCCC(=O)CC1. The molecule has 2 heteroatoms. The van der Waals surface area contributed by atoms with Crippen LogP contribution in [0.15, 0.2) is 0 Å². The summed E-state index contributed by atoms with van der Waals surface area (Å²) >= 11 is 0. The van der Waals surface area contributed by atoms with Crippen molar-refractivity contribution in [3.8, 4) is 0 Å². The highest BCUT2D eigenvalue weighted by Gasteiger charge is 2.18. The summed E-state index contributed by atoms with van der Waals surface area (Å²) in [4.78, 5) is 10.8. The zero-order chi connectivity index (χ0) is 6.69. The first kappa shape index (κ1) is 7.13. The molecule has 0 spiro atoms. The third-order valence-corrected chi connectivity index (χ3v) is 3.56. The fourth-order valence-corrected chi connectivity index (χ4v) is 2.45. The molecule has 1 aliphatic rings. The third kappa shape index (κ3) is 2.39. The van der Waals surface area contributed by atoms with Crippen molar-refractivity contribution < 1.29 is 4.79 Å². The topological polar surface area (TPSA) is 17.1 Å². The zero-order valence-corrected chi connectivity index (χ0v) is 6.67. The second-order valence-electron chi connectivity index (χ2n) is 2.58. The van der Waals surface area contributed by atoms with Crippen molar-refractivity contribution in [3.63, 3.8) is 0 Å². The van der Waals surface area contributed by atoms with E-state index in [0.717, 1.165) is 25.0 Å². The number of Topliss-reactive ketones (excluding diaryl/α,β-unsaturated/α-hetero) is 1. The number of hydrogen-bond acceptors (Lipinski definition) is 1. The Bertz CT molecular complexity index is 111. The second kappa shape index (κ2) is 3.25. The first-order chi connectivity index (χ1) is 4.29. The Labute approximate surface area is 59.2 Å². The Kier molecular flexibility index (Phi) is 2.58. The van der Waals surface area contributed by atoms with E-state index in [2.05, 4.69) is 6.26 Å². The van der Waals surface area contributed by atoms with Crippen LogP contribution in [0.25, 0.3) is 0 Å². The summed E-state index contributed by atoms with van der Waals surface area (Å²) in [5, 5.41) is 0. The van der Waals surface area contributed by atoms with Gasteiger partial charge in [-0.3, -0.25) is 4.79 Å². The molecule has 1 unspecified atom stereocenters. The standard InChI is InChI=1S/C7H13OS/c1-9-5-2-3-7(8)4-6-9/h2-6H2,1H3/q+1. The van der Waals surface area contributed by atoms with Crippen molar-refractivity contribution >= 4 is 16.7 Å². The van der Waals surface area contributed by atoms with Gasteiger partial charge in [-0.25, -0.2) is 0 Å². The molecule has 1 heterocycles. The van der Waals surface area contributed by atoms with Crippen molar-refractivity contribution in [2.45, 2.75) is 19.3 Å². The Morgan fingerprint density at radius 3 is 2.89 bits per heavy atom. The summed E-state index contributed by atoms with van der Waals surface area (Å²) in [6.07, 6.45) is 5.09. The lowest BCUT2D eigenvalue weighted by molar-refractivity contribution is -0.118. The van der Waals surface area contributed by atoms with E-state index < -0.39 is 0 Å². The summed E-state index contributed by atoms with van der Waals surface area (Å²) < 4.78 is 0. The molecule has 1 saturated heterocycles. The number of hydrogen-bond donors (Lipinski definition) is 0. The summed E-state index contributed by atoms with van der Waals surface area (Å²) in [5.74, 6) is 2.91. The number of ketones is 1. The van der Waals surface area contributed by atoms with Gasteiger partial charge in [-0.05, 0) is 17.3 Å². The molecule has 1 aliphatic heterocycles. The molecule has 1 rings (SSSR count). The second-order valence-corrected chi connectivity index (χ2v) is 4.96. The molecule has 0 radical (unpaired) electrons. The van der Waals surface area contributed by atoms with Gasteiger partial charge in [0, 0.05) is 6.42 Å². The van der Waals surface area contributed by atoms with Crippen LogP contribution in [0.4, 0.5) is 0 Å². The summed E-state index contributed by atoms with van der Waals surface area (Å²) in [7, 11) is 0.551. The van der Waals surface area contributed by atoms with Crippen LogP contribution in [0.2, 0.25) is 0 Å². The lowest BCUT2D eigenvalue weighted by Gasteiger charge is -1.93. The van der Waals surface area contributed by atoms with Gasteiger partial charge < -0.3 is 0 Å². The molecule has 0 N–H and O–H groups in total. The molecule has 0 saturated carbocycles. The van der Waals surface area contributed by atoms with E-state index in [4.69, 9.17) is 0 Å². The summed E-state index contributed by atoms with van der Waals surface area (Å²) in [6, 6.07) is 0. The van der Waals surface area contributed by atoms with Gasteiger partial charge in [0.2, 0.25) is 0 Å². The fourth-order valence-electron chi connectivity index (χ4n) is 1.03. The predicted molar refractivity (Wildman–Crippen MR) is 41.9 cm³/mol. The number of carbonyl (C=O) groups is 1. The van der Waals surface area contributed by atoms with Crippen LogP contribution in [0, 0.1) is 0 Å². The van der Waals surface area contributed by atoms with Crippen molar-refractivity contribution in [1.82, 2.24) is 0 Å². The molecule has 0 aromatic carbocycles. The molecule has 1 nitrogen and oxygen atoms in total. The van der Waals surface area contributed by atoms with Crippen LogP contribution < -0.4 is 0 Å². The van der Waals surface area contributed by atoms with Crippen molar-refractivity contribution in [2.24, 2.45) is 0 Å². The van der Waals surface area contributed by atoms with Crippen LogP contribution in [-0.4, -0.2) is 23.5 Å². The predicted octanol–water partition coefficient (Wildman–Crippen LogP) is 0.987. The van der Waals surface area contributed by atoms with Crippen LogP contribution in [0.1, 0.15) is 19.3 Å². The smallest absolute Gasteiger partial charge is 0.137 e. The highest BCUT2D eigenvalue weighted by Crippen LogP contribution is 2.08. The third-order valence-electron chi connectivity index (χ3n) is 1.68. The maximum absolute atomic E-state index is 10.8. The zero-order valence-electron chi connectivity index (χ0n) is 5.85. The lowest BCUT2D eigenvalue weighted by Crippen LogP contribution is -2.07. The van der Waals surface area contributed by atoms with E-state index in [0.29, 0.717) is 16.7 Å². The molecular formula is C7H13OS+. The van der Waals surface area contributed by atoms with Gasteiger partial charge in [0.15, 0.2) is 0 Å². The first-order valence-electron chi connectivity index (χ1n) is 3.40. The molecule has 0 aromatic rings. The van der Waals surface area contributed by atoms with Crippen molar-refractivity contribution in [1.29, 1.82) is 0 Å². The highest BCUT2D eigenvalue weighted by atomic mass is 32.2. The molecule has 0 amide bonds. The van der Waals surface area contributed by atoms with Crippen LogP contribution in [0.5, 0.6) is 0 Å². The van der Waals surface area contributed by atoms with Crippen molar-refractivity contribution in [3.05, 3.63) is 0 Å². The molecule has 0 aliphatic carbocycles. The van der Waals surface area contributed by atoms with Crippen molar-refractivity contribution in [2.75, 3.05) is 17.8 Å². The monoisotopic (exact) mass is 145 g/mol. The highest BCUT2D eigenvalue weighted by molar-refractivity contribution is 7.96. The van der Waals surface area contributed by atoms with Gasteiger partial charge in [0.05, 0.1) is 12.7 Å². The molecule has 0 bridgehead atoms. The van der Waals surface area contributed by atoms with E-state index in [1.54, 1.807) is 0 Å². The van der Waals surface area contributed by atoms with E-state index in [9.17, 15) is 4.79 Å². The van der Waals surface area contributed by atoms with Crippen LogP contribution >= 0.6 is 0 Å². The van der Waals surface area contributed by atoms with E-state index in [1.165, 1.54) is 5.75 Å². The van der Waals surface area contributed by atoms with Gasteiger partial charge in [-0.15, -0.1) is 0 Å². The summed E-state index contributed by atoms with van der Waals surface area (Å²) in [6.45, 7) is 0. The van der Waals surface area contributed by atoms with Gasteiger partial charge >= 0.3 is 0 Å². The maximum atomic E-state index is 10.8. The number of rotatable bonds is 0. The molecular weight excluding hydrogens is 132 g/mol. The Hall–Kier alpha value is 0.0200. The maximum Gasteiger partial charge on any atom is 0.137 e. The Morgan fingerprint density at radius 2 is 2.11 bits per heavy atom. The van der Waals surface area contributed by atoms with Crippen LogP contribution in [-0.2, 0) is 15.7 Å². The van der Waals surface area contributed by atoms with Crippen LogP contribution in [0.3, 0.4) is 0 Å². The normalized spacial score (nSPS) is 29.9. The van der Waals surface area contributed by atoms with Gasteiger partial charge in [-0.1, -0.05) is 0 Å². The first-order valence-corrected chi connectivity index (χ1v) is 5.37. The lowest BCUT2D eigenvalue weighted by atomic mass is 10.2. The van der Waals surface area contributed by atoms with Gasteiger partial charge in [-0.2, -0.15) is 0 Å². The Morgan fingerprint density at radius 1 is 1.33 bits per heavy atom. The molecule has 52 valence electrons. The van der Waals surface area contributed by atoms with Gasteiger partial charge in [0.1, 0.15) is 17.3 Å². The largest absolute Gasteiger partial charge is 0.300 e. The average molecular weight is 145 g/mol. The van der Waals surface area contributed by atoms with Gasteiger partial charge in [0.25, 0.3) is 0 Å². The minimum Gasteiger partial charge on any atom is -0.300 e. The molecule has 1 atom stereocenters. The summed E-state index contributed by atoms with van der Waals surface area (Å²) in [5.41, 5.74) is 0. The molecule has 9 heavy (non-hydrogen) atoms. The average Bonchev–Trinajstić information content (AvgIpc) is 1.97. The molecule has 1 fully saturated rings. The number of carbonyl (C=O) groups excluding carboxylic acids is 1. The minimum atomic E-state index is 0.479. The van der Waals surface area contributed by atoms with E-state index in [1.807, 2.05) is 0 Å². The van der Waals surface area contributed by atoms with E-state index >= 15 is 0 Å². The van der Waals surface area contributed by atoms with E-state index in [-0.39, 0.29) is 0 Å². The minimum absolute atomic E-state index is 0.479.